The molecule has 2 rings (SSSR count). The lowest BCUT2D eigenvalue weighted by Crippen LogP contribution is -2.05. The Kier molecular flexibility index (Phi) is 3.38. The van der Waals surface area contributed by atoms with Crippen molar-refractivity contribution in [3.63, 3.8) is 0 Å². The van der Waals surface area contributed by atoms with Crippen LogP contribution in [0.3, 0.4) is 0 Å². The SMILES string of the molecule is O=c1[nH]c(CNc2cccc(F)c2[N+](=O)[O-])cs1. The molecule has 0 aliphatic rings. The number of hydrogen-bond acceptors (Lipinski definition) is 5. The van der Waals surface area contributed by atoms with Crippen LogP contribution in [0.4, 0.5) is 15.8 Å². The highest BCUT2D eigenvalue weighted by Gasteiger charge is 2.19. The van der Waals surface area contributed by atoms with Crippen molar-refractivity contribution in [2.75, 3.05) is 5.32 Å². The lowest BCUT2D eigenvalue weighted by Gasteiger charge is -2.05. The van der Waals surface area contributed by atoms with Gasteiger partial charge in [-0.15, -0.1) is 0 Å². The number of thiazole rings is 1. The van der Waals surface area contributed by atoms with Gasteiger partial charge in [0.2, 0.25) is 5.82 Å². The van der Waals surface area contributed by atoms with Crippen molar-refractivity contribution >= 4 is 22.7 Å². The first-order valence-corrected chi connectivity index (χ1v) is 5.79. The maximum atomic E-state index is 13.3. The second-order valence-electron chi connectivity index (χ2n) is 3.42. The van der Waals surface area contributed by atoms with Gasteiger partial charge < -0.3 is 10.3 Å². The van der Waals surface area contributed by atoms with Crippen LogP contribution in [-0.2, 0) is 6.54 Å². The summed E-state index contributed by atoms with van der Waals surface area (Å²) in [5, 5.41) is 15.0. The molecule has 18 heavy (non-hydrogen) atoms. The molecule has 2 aromatic rings. The van der Waals surface area contributed by atoms with E-state index in [1.165, 1.54) is 12.1 Å². The van der Waals surface area contributed by atoms with Gasteiger partial charge in [-0.05, 0) is 12.1 Å². The Morgan fingerprint density at radius 1 is 1.50 bits per heavy atom. The predicted molar refractivity (Wildman–Crippen MR) is 65.3 cm³/mol. The molecule has 0 atom stereocenters. The topological polar surface area (TPSA) is 88.0 Å². The number of para-hydroxylation sites is 1. The van der Waals surface area contributed by atoms with E-state index in [0.29, 0.717) is 5.69 Å². The number of halogens is 1. The van der Waals surface area contributed by atoms with Gasteiger partial charge >= 0.3 is 10.6 Å². The van der Waals surface area contributed by atoms with E-state index in [1.54, 1.807) is 5.38 Å². The molecule has 2 N–H and O–H groups in total. The van der Waals surface area contributed by atoms with Crippen molar-refractivity contribution in [1.82, 2.24) is 4.98 Å². The third kappa shape index (κ3) is 2.54. The number of anilines is 1. The van der Waals surface area contributed by atoms with Gasteiger partial charge in [-0.2, -0.15) is 4.39 Å². The summed E-state index contributed by atoms with van der Waals surface area (Å²) in [4.78, 5) is 23.2. The highest BCUT2D eigenvalue weighted by Crippen LogP contribution is 2.27. The van der Waals surface area contributed by atoms with Crippen LogP contribution in [0.5, 0.6) is 0 Å². The lowest BCUT2D eigenvalue weighted by molar-refractivity contribution is -0.386. The third-order valence-electron chi connectivity index (χ3n) is 2.21. The van der Waals surface area contributed by atoms with Crippen LogP contribution in [0.25, 0.3) is 0 Å². The summed E-state index contributed by atoms with van der Waals surface area (Å²) < 4.78 is 13.3. The van der Waals surface area contributed by atoms with Crippen molar-refractivity contribution in [2.45, 2.75) is 6.54 Å². The minimum atomic E-state index is -0.899. The van der Waals surface area contributed by atoms with Gasteiger partial charge in [0.25, 0.3) is 0 Å². The summed E-state index contributed by atoms with van der Waals surface area (Å²) >= 11 is 0.994. The molecule has 0 aliphatic carbocycles. The van der Waals surface area contributed by atoms with E-state index in [4.69, 9.17) is 0 Å². The zero-order chi connectivity index (χ0) is 13.1. The van der Waals surface area contributed by atoms with Gasteiger partial charge in [-0.1, -0.05) is 17.4 Å². The Labute approximate surface area is 104 Å². The first-order chi connectivity index (χ1) is 8.58. The predicted octanol–water partition coefficient (Wildman–Crippen LogP) is 2.10. The normalized spacial score (nSPS) is 10.3. The number of H-pyrrole nitrogens is 1. The zero-order valence-electron chi connectivity index (χ0n) is 8.97. The molecular formula is C10H8FN3O3S. The zero-order valence-corrected chi connectivity index (χ0v) is 9.79. The molecule has 0 radical (unpaired) electrons. The van der Waals surface area contributed by atoms with Crippen LogP contribution in [0.2, 0.25) is 0 Å². The number of nitrogens with one attached hydrogen (secondary N) is 2. The Bertz CT molecular complexity index is 637. The van der Waals surface area contributed by atoms with Crippen LogP contribution in [-0.4, -0.2) is 9.91 Å². The van der Waals surface area contributed by atoms with Gasteiger partial charge in [0.15, 0.2) is 0 Å². The molecule has 0 fully saturated rings. The standard InChI is InChI=1S/C10H8FN3O3S/c11-7-2-1-3-8(9(7)14(16)17)12-4-6-5-18-10(15)13-6/h1-3,5,12H,4H2,(H,13,15). The summed E-state index contributed by atoms with van der Waals surface area (Å²) in [7, 11) is 0. The van der Waals surface area contributed by atoms with Crippen molar-refractivity contribution in [3.05, 3.63) is 54.9 Å². The molecule has 0 saturated heterocycles. The summed E-state index contributed by atoms with van der Waals surface area (Å²) in [5.41, 5.74) is 0.0608. The largest absolute Gasteiger partial charge is 0.374 e. The van der Waals surface area contributed by atoms with E-state index in [9.17, 15) is 19.3 Å². The number of aromatic amines is 1. The highest BCUT2D eigenvalue weighted by molar-refractivity contribution is 7.07. The Balaban J connectivity index is 2.21. The fourth-order valence-electron chi connectivity index (χ4n) is 1.43. The van der Waals surface area contributed by atoms with Crippen molar-refractivity contribution in [1.29, 1.82) is 0 Å². The molecule has 94 valence electrons. The third-order valence-corrected chi connectivity index (χ3v) is 2.93. The van der Waals surface area contributed by atoms with E-state index in [2.05, 4.69) is 10.3 Å². The molecule has 0 spiro atoms. The minimum Gasteiger partial charge on any atom is -0.374 e. The average molecular weight is 269 g/mol. The molecule has 1 aromatic heterocycles. The van der Waals surface area contributed by atoms with Crippen molar-refractivity contribution in [3.8, 4) is 0 Å². The highest BCUT2D eigenvalue weighted by atomic mass is 32.1. The number of nitrogens with zero attached hydrogens (tertiary/aromatic N) is 1. The number of nitro benzene ring substituents is 1. The Morgan fingerprint density at radius 3 is 2.89 bits per heavy atom. The maximum absolute atomic E-state index is 13.3. The molecule has 0 saturated carbocycles. The Hall–Kier alpha value is -2.22. The summed E-state index contributed by atoms with van der Waals surface area (Å²) in [6.07, 6.45) is 0. The van der Waals surface area contributed by atoms with Crippen molar-refractivity contribution in [2.24, 2.45) is 0 Å². The Morgan fingerprint density at radius 2 is 2.28 bits per heavy atom. The first kappa shape index (κ1) is 12.2. The molecule has 1 heterocycles. The average Bonchev–Trinajstić information content (AvgIpc) is 2.72. The van der Waals surface area contributed by atoms with E-state index >= 15 is 0 Å². The molecule has 0 unspecified atom stereocenters. The van der Waals surface area contributed by atoms with E-state index in [0.717, 1.165) is 17.4 Å². The number of aromatic nitrogens is 1. The molecular weight excluding hydrogens is 261 g/mol. The summed E-state index contributed by atoms with van der Waals surface area (Å²) in [6, 6.07) is 3.81. The van der Waals surface area contributed by atoms with Gasteiger partial charge in [0.05, 0.1) is 11.5 Å². The molecule has 0 aliphatic heterocycles. The summed E-state index contributed by atoms with van der Waals surface area (Å²) in [6.45, 7) is 0.184. The maximum Gasteiger partial charge on any atom is 0.327 e. The van der Waals surface area contributed by atoms with Crippen LogP contribution < -0.4 is 10.2 Å². The number of benzene rings is 1. The molecule has 8 heteroatoms. The van der Waals surface area contributed by atoms with Crippen LogP contribution in [0.15, 0.2) is 28.4 Å². The second-order valence-corrected chi connectivity index (χ2v) is 4.26. The monoisotopic (exact) mass is 269 g/mol. The quantitative estimate of drug-likeness (QED) is 0.657. The van der Waals surface area contributed by atoms with Crippen LogP contribution in [0, 0.1) is 15.9 Å². The van der Waals surface area contributed by atoms with Crippen LogP contribution >= 0.6 is 11.3 Å². The molecule has 1 aromatic carbocycles. The van der Waals surface area contributed by atoms with E-state index < -0.39 is 16.4 Å². The second kappa shape index (κ2) is 4.96. The van der Waals surface area contributed by atoms with Gasteiger partial charge in [-0.25, -0.2) is 0 Å². The number of nitro groups is 1. The fourth-order valence-corrected chi connectivity index (χ4v) is 2.02. The van der Waals surface area contributed by atoms with Gasteiger partial charge in [0.1, 0.15) is 5.69 Å². The van der Waals surface area contributed by atoms with Gasteiger partial charge in [0, 0.05) is 11.1 Å². The number of rotatable bonds is 4. The lowest BCUT2D eigenvalue weighted by atomic mass is 10.2. The van der Waals surface area contributed by atoms with Crippen molar-refractivity contribution < 1.29 is 9.31 Å². The minimum absolute atomic E-state index is 0.0760. The fraction of sp³-hybridized carbons (Fsp3) is 0.100. The smallest absolute Gasteiger partial charge is 0.327 e. The van der Waals surface area contributed by atoms with Crippen LogP contribution in [0.1, 0.15) is 5.69 Å². The van der Waals surface area contributed by atoms with E-state index in [-0.39, 0.29) is 17.1 Å². The molecule has 0 amide bonds. The molecule has 0 bridgehead atoms. The first-order valence-electron chi connectivity index (χ1n) is 4.91. The van der Waals surface area contributed by atoms with E-state index in [1.807, 2.05) is 0 Å². The van der Waals surface area contributed by atoms with Gasteiger partial charge in [-0.3, -0.25) is 14.9 Å². The molecule has 6 nitrogen and oxygen atoms in total. The number of hydrogen-bond donors (Lipinski definition) is 2. The summed E-state index contributed by atoms with van der Waals surface area (Å²) in [5.74, 6) is -0.899.